The van der Waals surface area contributed by atoms with Crippen LogP contribution >= 0.6 is 0 Å². The van der Waals surface area contributed by atoms with Gasteiger partial charge in [-0.3, -0.25) is 4.79 Å². The first-order chi connectivity index (χ1) is 13.9. The van der Waals surface area contributed by atoms with Crippen LogP contribution in [0.15, 0.2) is 47.4 Å². The maximum absolute atomic E-state index is 13.2. The van der Waals surface area contributed by atoms with E-state index in [1.165, 1.54) is 58.8 Å². The quantitative estimate of drug-likeness (QED) is 0.715. The van der Waals surface area contributed by atoms with Crippen LogP contribution in [0, 0.1) is 5.82 Å². The highest BCUT2D eigenvalue weighted by Crippen LogP contribution is 2.29. The largest absolute Gasteiger partial charge is 0.495 e. The zero-order valence-electron chi connectivity index (χ0n) is 16.3. The van der Waals surface area contributed by atoms with E-state index >= 15 is 0 Å². The van der Waals surface area contributed by atoms with E-state index in [4.69, 9.17) is 9.47 Å². The molecule has 7 nitrogen and oxygen atoms in total. The summed E-state index contributed by atoms with van der Waals surface area (Å²) in [5, 5.41) is 0. The van der Waals surface area contributed by atoms with Crippen molar-refractivity contribution in [2.75, 3.05) is 44.9 Å². The topological polar surface area (TPSA) is 76.2 Å². The number of halogens is 1. The number of sulfonamides is 1. The number of morpholine rings is 1. The van der Waals surface area contributed by atoms with Crippen molar-refractivity contribution in [2.24, 2.45) is 0 Å². The highest BCUT2D eigenvalue weighted by molar-refractivity contribution is 7.89. The van der Waals surface area contributed by atoms with Crippen molar-refractivity contribution in [3.05, 3.63) is 53.8 Å². The standard InChI is InChI=1S/C20H23FN2O5S/c1-3-23(17-7-5-16(21)6-8-17)20(24)15-4-9-18(27-2)19(14-15)29(25,26)22-10-12-28-13-11-22/h4-9,14H,3,10-13H2,1-2H3. The Balaban J connectivity index is 1.99. The molecule has 0 N–H and O–H groups in total. The molecule has 0 unspecified atom stereocenters. The lowest BCUT2D eigenvalue weighted by atomic mass is 10.1. The molecule has 0 spiro atoms. The van der Waals surface area contributed by atoms with E-state index in [-0.39, 0.29) is 35.2 Å². The molecule has 0 aliphatic carbocycles. The van der Waals surface area contributed by atoms with Crippen LogP contribution in [0.3, 0.4) is 0 Å². The number of rotatable bonds is 6. The van der Waals surface area contributed by atoms with E-state index in [1.54, 1.807) is 6.92 Å². The van der Waals surface area contributed by atoms with E-state index in [9.17, 15) is 17.6 Å². The summed E-state index contributed by atoms with van der Waals surface area (Å²) < 4.78 is 51.2. The van der Waals surface area contributed by atoms with Crippen LogP contribution in [0.1, 0.15) is 17.3 Å². The summed E-state index contributed by atoms with van der Waals surface area (Å²) in [5.41, 5.74) is 0.719. The Bertz CT molecular complexity index is 973. The van der Waals surface area contributed by atoms with Gasteiger partial charge in [0.05, 0.1) is 20.3 Å². The number of hydrogen-bond acceptors (Lipinski definition) is 5. The molecule has 1 aliphatic heterocycles. The van der Waals surface area contributed by atoms with Crippen molar-refractivity contribution in [1.82, 2.24) is 4.31 Å². The average molecular weight is 422 g/mol. The predicted octanol–water partition coefficient (Wildman–Crippen LogP) is 2.52. The lowest BCUT2D eigenvalue weighted by Gasteiger charge is -2.27. The minimum absolute atomic E-state index is 0.0668. The van der Waals surface area contributed by atoms with Gasteiger partial charge in [-0.15, -0.1) is 0 Å². The average Bonchev–Trinajstić information content (AvgIpc) is 2.75. The number of ether oxygens (including phenoxy) is 2. The number of anilines is 1. The summed E-state index contributed by atoms with van der Waals surface area (Å²) in [6.07, 6.45) is 0. The number of amides is 1. The van der Waals surface area contributed by atoms with Crippen molar-refractivity contribution in [2.45, 2.75) is 11.8 Å². The van der Waals surface area contributed by atoms with E-state index < -0.39 is 15.8 Å². The van der Waals surface area contributed by atoms with Gasteiger partial charge in [0.2, 0.25) is 10.0 Å². The van der Waals surface area contributed by atoms with Crippen molar-refractivity contribution >= 4 is 21.6 Å². The summed E-state index contributed by atoms with van der Waals surface area (Å²) in [5.74, 6) is -0.626. The molecule has 2 aromatic rings. The van der Waals surface area contributed by atoms with E-state index in [0.29, 0.717) is 25.4 Å². The molecule has 1 heterocycles. The van der Waals surface area contributed by atoms with Crippen molar-refractivity contribution in [3.63, 3.8) is 0 Å². The first-order valence-corrected chi connectivity index (χ1v) is 10.7. The van der Waals surface area contributed by atoms with Crippen molar-refractivity contribution < 1.29 is 27.1 Å². The molecule has 0 saturated carbocycles. The molecule has 1 saturated heterocycles. The summed E-state index contributed by atoms with van der Waals surface area (Å²) in [6, 6.07) is 9.88. The van der Waals surface area contributed by atoms with Crippen molar-refractivity contribution in [1.29, 1.82) is 0 Å². The molecule has 0 bridgehead atoms. The predicted molar refractivity (Wildman–Crippen MR) is 106 cm³/mol. The minimum Gasteiger partial charge on any atom is -0.495 e. The molecule has 1 amide bonds. The van der Waals surface area contributed by atoms with Crippen LogP contribution in [-0.4, -0.2) is 58.6 Å². The molecule has 0 radical (unpaired) electrons. The fourth-order valence-corrected chi connectivity index (χ4v) is 4.75. The number of methoxy groups -OCH3 is 1. The molecular formula is C20H23FN2O5S. The number of carbonyl (C=O) groups excluding carboxylic acids is 1. The summed E-state index contributed by atoms with van der Waals surface area (Å²) in [6.45, 7) is 3.22. The second kappa shape index (κ2) is 8.89. The molecular weight excluding hydrogens is 399 g/mol. The summed E-state index contributed by atoms with van der Waals surface area (Å²) in [7, 11) is -2.47. The van der Waals surface area contributed by atoms with Crippen LogP contribution in [0.2, 0.25) is 0 Å². The first-order valence-electron chi connectivity index (χ1n) is 9.22. The molecule has 9 heteroatoms. The second-order valence-corrected chi connectivity index (χ2v) is 8.31. The van der Waals surface area contributed by atoms with Crippen LogP contribution in [0.5, 0.6) is 5.75 Å². The lowest BCUT2D eigenvalue weighted by molar-refractivity contribution is 0.0729. The summed E-state index contributed by atoms with van der Waals surface area (Å²) in [4.78, 5) is 14.5. The number of carbonyl (C=O) groups is 1. The molecule has 29 heavy (non-hydrogen) atoms. The van der Waals surface area contributed by atoms with Gasteiger partial charge in [-0.2, -0.15) is 4.31 Å². The van der Waals surface area contributed by atoms with Gasteiger partial charge in [0.25, 0.3) is 5.91 Å². The third kappa shape index (κ3) is 4.42. The van der Waals surface area contributed by atoms with Gasteiger partial charge < -0.3 is 14.4 Å². The summed E-state index contributed by atoms with van der Waals surface area (Å²) >= 11 is 0. The maximum Gasteiger partial charge on any atom is 0.258 e. The van der Waals surface area contributed by atoms with Gasteiger partial charge in [0.15, 0.2) is 0 Å². The first kappa shape index (κ1) is 21.2. The van der Waals surface area contributed by atoms with Crippen LogP contribution < -0.4 is 9.64 Å². The third-order valence-electron chi connectivity index (χ3n) is 4.70. The Hall–Kier alpha value is -2.49. The Morgan fingerprint density at radius 2 is 1.83 bits per heavy atom. The van der Waals surface area contributed by atoms with Gasteiger partial charge >= 0.3 is 0 Å². The van der Waals surface area contributed by atoms with Gasteiger partial charge in [-0.05, 0) is 49.4 Å². The maximum atomic E-state index is 13.2. The molecule has 1 aliphatic rings. The highest BCUT2D eigenvalue weighted by atomic mass is 32.2. The molecule has 0 atom stereocenters. The number of nitrogens with zero attached hydrogens (tertiary/aromatic N) is 2. The Kier molecular flexibility index (Phi) is 6.51. The van der Waals surface area contributed by atoms with Crippen LogP contribution in [0.4, 0.5) is 10.1 Å². The smallest absolute Gasteiger partial charge is 0.258 e. The number of hydrogen-bond donors (Lipinski definition) is 0. The molecule has 156 valence electrons. The Labute approximate surface area is 169 Å². The highest BCUT2D eigenvalue weighted by Gasteiger charge is 2.30. The van der Waals surface area contributed by atoms with E-state index in [0.717, 1.165) is 0 Å². The monoisotopic (exact) mass is 422 g/mol. The third-order valence-corrected chi connectivity index (χ3v) is 6.62. The van der Waals surface area contributed by atoms with Gasteiger partial charge in [0, 0.05) is 30.9 Å². The van der Waals surface area contributed by atoms with Crippen LogP contribution in [0.25, 0.3) is 0 Å². The second-order valence-electron chi connectivity index (χ2n) is 6.41. The Morgan fingerprint density at radius 3 is 2.41 bits per heavy atom. The zero-order chi connectivity index (χ0) is 21.0. The van der Waals surface area contributed by atoms with Gasteiger partial charge in [-0.25, -0.2) is 12.8 Å². The number of benzene rings is 2. The van der Waals surface area contributed by atoms with E-state index in [1.807, 2.05) is 0 Å². The molecule has 2 aromatic carbocycles. The lowest BCUT2D eigenvalue weighted by Crippen LogP contribution is -2.40. The minimum atomic E-state index is -3.86. The fourth-order valence-electron chi connectivity index (χ4n) is 3.16. The normalized spacial score (nSPS) is 15.1. The van der Waals surface area contributed by atoms with Crippen LogP contribution in [-0.2, 0) is 14.8 Å². The molecule has 1 fully saturated rings. The molecule has 0 aromatic heterocycles. The molecule has 3 rings (SSSR count). The van der Waals surface area contributed by atoms with Gasteiger partial charge in [0.1, 0.15) is 16.5 Å². The van der Waals surface area contributed by atoms with Gasteiger partial charge in [-0.1, -0.05) is 0 Å². The van der Waals surface area contributed by atoms with E-state index in [2.05, 4.69) is 0 Å². The Morgan fingerprint density at radius 1 is 1.17 bits per heavy atom. The van der Waals surface area contributed by atoms with Crippen molar-refractivity contribution in [3.8, 4) is 5.75 Å². The SMILES string of the molecule is CCN(C(=O)c1ccc(OC)c(S(=O)(=O)N2CCOCC2)c1)c1ccc(F)cc1. The fraction of sp³-hybridized carbons (Fsp3) is 0.350. The zero-order valence-corrected chi connectivity index (χ0v) is 17.1.